The van der Waals surface area contributed by atoms with Crippen LogP contribution in [0.25, 0.3) is 11.1 Å². The predicted molar refractivity (Wildman–Crippen MR) is 113 cm³/mol. The quantitative estimate of drug-likeness (QED) is 0.607. The first-order valence-electron chi connectivity index (χ1n) is 10.3. The van der Waals surface area contributed by atoms with Crippen LogP contribution in [0.2, 0.25) is 0 Å². The first kappa shape index (κ1) is 21.0. The predicted octanol–water partition coefficient (Wildman–Crippen LogP) is 3.83. The molecule has 2 amide bonds. The van der Waals surface area contributed by atoms with Gasteiger partial charge in [0.15, 0.2) is 0 Å². The average molecular weight is 424 g/mol. The van der Waals surface area contributed by atoms with E-state index in [4.69, 9.17) is 4.52 Å². The van der Waals surface area contributed by atoms with Crippen LogP contribution in [-0.2, 0) is 17.6 Å². The molecule has 31 heavy (non-hydrogen) atoms. The second-order valence-corrected chi connectivity index (χ2v) is 9.22. The molecular weight excluding hydrogens is 399 g/mol. The maximum atomic E-state index is 13.0. The molecule has 8 heteroatoms. The number of nitrogens with one attached hydrogen (secondary N) is 2. The van der Waals surface area contributed by atoms with Crippen molar-refractivity contribution in [3.05, 3.63) is 58.7 Å². The minimum Gasteiger partial charge on any atom is -0.336 e. The molecule has 0 unspecified atom stereocenters. The maximum Gasteiger partial charge on any atom is 0.270 e. The van der Waals surface area contributed by atoms with E-state index in [1.54, 1.807) is 6.07 Å². The van der Waals surface area contributed by atoms with E-state index in [0.29, 0.717) is 40.3 Å². The summed E-state index contributed by atoms with van der Waals surface area (Å²) in [7, 11) is 0. The molecule has 7 nitrogen and oxygen atoms in total. The van der Waals surface area contributed by atoms with E-state index in [-0.39, 0.29) is 17.7 Å². The van der Waals surface area contributed by atoms with Gasteiger partial charge in [-0.15, -0.1) is 0 Å². The molecule has 1 aromatic carbocycles. The Morgan fingerprint density at radius 3 is 2.52 bits per heavy atom. The van der Waals surface area contributed by atoms with Crippen molar-refractivity contribution in [3.63, 3.8) is 0 Å². The number of hydrogen-bond acceptors (Lipinski definition) is 5. The minimum absolute atomic E-state index is 0.0161. The maximum absolute atomic E-state index is 13.0. The number of amides is 2. The zero-order chi connectivity index (χ0) is 22.2. The third-order valence-electron chi connectivity index (χ3n) is 5.07. The van der Waals surface area contributed by atoms with Crippen LogP contribution >= 0.6 is 0 Å². The Kier molecular flexibility index (Phi) is 5.47. The van der Waals surface area contributed by atoms with Gasteiger partial charge in [-0.05, 0) is 48.4 Å². The first-order valence-corrected chi connectivity index (χ1v) is 10.3. The molecule has 1 saturated carbocycles. The standard InChI is InChI=1S/C23H25FN4O3/c1-23(2,3)12-18-20-16(11-17(14-6-7-14)25-22(20)31-28-18)21(30)27-26-19(29)10-13-4-8-15(24)9-5-13/h4-5,8-9,11,14H,6-7,10,12H2,1-3H3,(H,26,29)(H,27,30). The number of pyridine rings is 1. The van der Waals surface area contributed by atoms with Crippen LogP contribution in [0.1, 0.15) is 66.8 Å². The minimum atomic E-state index is -0.458. The number of benzene rings is 1. The van der Waals surface area contributed by atoms with Crippen molar-refractivity contribution >= 4 is 22.9 Å². The van der Waals surface area contributed by atoms with Crippen molar-refractivity contribution in [2.45, 2.75) is 52.4 Å². The first-order chi connectivity index (χ1) is 14.7. The Balaban J connectivity index is 1.55. The van der Waals surface area contributed by atoms with Gasteiger partial charge in [-0.3, -0.25) is 20.4 Å². The smallest absolute Gasteiger partial charge is 0.270 e. The van der Waals surface area contributed by atoms with E-state index in [9.17, 15) is 14.0 Å². The Morgan fingerprint density at radius 1 is 1.16 bits per heavy atom. The molecule has 1 aliphatic rings. The van der Waals surface area contributed by atoms with E-state index in [1.165, 1.54) is 24.3 Å². The van der Waals surface area contributed by atoms with Crippen molar-refractivity contribution in [1.82, 2.24) is 21.0 Å². The van der Waals surface area contributed by atoms with E-state index < -0.39 is 11.8 Å². The molecule has 1 aliphatic carbocycles. The van der Waals surface area contributed by atoms with Gasteiger partial charge in [0.05, 0.1) is 23.1 Å². The number of hydrazine groups is 1. The fourth-order valence-corrected chi connectivity index (χ4v) is 3.45. The lowest BCUT2D eigenvalue weighted by atomic mass is 9.89. The van der Waals surface area contributed by atoms with Gasteiger partial charge >= 0.3 is 0 Å². The fraction of sp³-hybridized carbons (Fsp3) is 0.391. The van der Waals surface area contributed by atoms with Crippen LogP contribution < -0.4 is 10.9 Å². The molecule has 2 aromatic heterocycles. The lowest BCUT2D eigenvalue weighted by Gasteiger charge is -2.16. The molecule has 162 valence electrons. The van der Waals surface area contributed by atoms with Crippen LogP contribution in [0.15, 0.2) is 34.9 Å². The van der Waals surface area contributed by atoms with Gasteiger partial charge in [-0.2, -0.15) is 0 Å². The highest BCUT2D eigenvalue weighted by Gasteiger charge is 2.30. The van der Waals surface area contributed by atoms with Gasteiger partial charge in [0.1, 0.15) is 5.82 Å². The highest BCUT2D eigenvalue weighted by molar-refractivity contribution is 6.06. The zero-order valence-corrected chi connectivity index (χ0v) is 17.8. The molecule has 0 atom stereocenters. The van der Waals surface area contributed by atoms with E-state index in [2.05, 4.69) is 41.8 Å². The summed E-state index contributed by atoms with van der Waals surface area (Å²) in [4.78, 5) is 29.8. The normalized spacial score (nSPS) is 13.9. The third-order valence-corrected chi connectivity index (χ3v) is 5.07. The van der Waals surface area contributed by atoms with Crippen LogP contribution in [0.4, 0.5) is 4.39 Å². The lowest BCUT2D eigenvalue weighted by Crippen LogP contribution is -2.42. The summed E-state index contributed by atoms with van der Waals surface area (Å²) in [5.41, 5.74) is 7.68. The summed E-state index contributed by atoms with van der Waals surface area (Å²) in [5.74, 6) is -0.918. The van der Waals surface area contributed by atoms with Gasteiger partial charge in [0.2, 0.25) is 5.91 Å². The van der Waals surface area contributed by atoms with Crippen LogP contribution in [0, 0.1) is 11.2 Å². The Labute approximate surface area is 179 Å². The van der Waals surface area contributed by atoms with Crippen LogP contribution in [0.5, 0.6) is 0 Å². The zero-order valence-electron chi connectivity index (χ0n) is 17.8. The van der Waals surface area contributed by atoms with Crippen molar-refractivity contribution in [1.29, 1.82) is 0 Å². The van der Waals surface area contributed by atoms with Gasteiger partial charge in [0, 0.05) is 11.6 Å². The number of aromatic nitrogens is 2. The molecule has 0 bridgehead atoms. The van der Waals surface area contributed by atoms with Gasteiger partial charge in [0.25, 0.3) is 11.6 Å². The van der Waals surface area contributed by atoms with Crippen molar-refractivity contribution in [3.8, 4) is 0 Å². The largest absolute Gasteiger partial charge is 0.336 e. The average Bonchev–Trinajstić information content (AvgIpc) is 3.49. The van der Waals surface area contributed by atoms with E-state index in [0.717, 1.165) is 18.5 Å². The van der Waals surface area contributed by atoms with Gasteiger partial charge in [-0.25, -0.2) is 9.37 Å². The Hall–Kier alpha value is -3.29. The molecule has 0 saturated heterocycles. The molecule has 4 rings (SSSR count). The molecule has 0 aliphatic heterocycles. The second kappa shape index (κ2) is 8.09. The fourth-order valence-electron chi connectivity index (χ4n) is 3.45. The summed E-state index contributed by atoms with van der Waals surface area (Å²) >= 11 is 0. The molecule has 0 spiro atoms. The summed E-state index contributed by atoms with van der Waals surface area (Å²) < 4.78 is 18.5. The molecule has 0 radical (unpaired) electrons. The second-order valence-electron chi connectivity index (χ2n) is 9.22. The Morgan fingerprint density at radius 2 is 1.87 bits per heavy atom. The lowest BCUT2D eigenvalue weighted by molar-refractivity contribution is -0.121. The molecule has 3 aromatic rings. The van der Waals surface area contributed by atoms with E-state index >= 15 is 0 Å². The van der Waals surface area contributed by atoms with Crippen LogP contribution in [0.3, 0.4) is 0 Å². The molecule has 2 heterocycles. The van der Waals surface area contributed by atoms with Crippen molar-refractivity contribution in [2.24, 2.45) is 5.41 Å². The highest BCUT2D eigenvalue weighted by atomic mass is 19.1. The number of nitrogens with zero attached hydrogens (tertiary/aromatic N) is 2. The highest BCUT2D eigenvalue weighted by Crippen LogP contribution is 2.40. The summed E-state index contributed by atoms with van der Waals surface area (Å²) in [6, 6.07) is 7.40. The van der Waals surface area contributed by atoms with Crippen molar-refractivity contribution in [2.75, 3.05) is 0 Å². The number of carbonyl (C=O) groups excluding carboxylic acids is 2. The molecular formula is C23H25FN4O3. The monoisotopic (exact) mass is 424 g/mol. The molecule has 1 fully saturated rings. The summed E-state index contributed by atoms with van der Waals surface area (Å²) in [6.07, 6.45) is 2.68. The Bertz CT molecular complexity index is 1130. The third kappa shape index (κ3) is 5.07. The number of carbonyl (C=O) groups is 2. The number of hydrogen-bond donors (Lipinski definition) is 2. The van der Waals surface area contributed by atoms with Crippen molar-refractivity contribution < 1.29 is 18.5 Å². The van der Waals surface area contributed by atoms with Gasteiger partial charge < -0.3 is 4.52 Å². The summed E-state index contributed by atoms with van der Waals surface area (Å²) in [5, 5.41) is 4.74. The van der Waals surface area contributed by atoms with E-state index in [1.807, 2.05) is 0 Å². The molecule has 2 N–H and O–H groups in total. The topological polar surface area (TPSA) is 97.1 Å². The van der Waals surface area contributed by atoms with Gasteiger partial charge in [-0.1, -0.05) is 38.1 Å². The summed E-state index contributed by atoms with van der Waals surface area (Å²) in [6.45, 7) is 6.23. The SMILES string of the molecule is CC(C)(C)Cc1noc2nc(C3CC3)cc(C(=O)NNC(=O)Cc3ccc(F)cc3)c12. The van der Waals surface area contributed by atoms with Crippen LogP contribution in [-0.4, -0.2) is 22.0 Å². The number of fused-ring (bicyclic) bond motifs is 1. The number of rotatable bonds is 5. The number of halogens is 1.